The van der Waals surface area contributed by atoms with Gasteiger partial charge in [-0.2, -0.15) is 0 Å². The van der Waals surface area contributed by atoms with Crippen LogP contribution >= 0.6 is 0 Å². The van der Waals surface area contributed by atoms with Crippen molar-refractivity contribution in [1.82, 2.24) is 0 Å². The molecule has 0 saturated carbocycles. The maximum atomic E-state index is 12.0. The van der Waals surface area contributed by atoms with Crippen LogP contribution in [0.3, 0.4) is 0 Å². The minimum absolute atomic E-state index is 0.0173. The highest BCUT2D eigenvalue weighted by Crippen LogP contribution is 2.04. The van der Waals surface area contributed by atoms with Gasteiger partial charge < -0.3 is 11.1 Å². The van der Waals surface area contributed by atoms with Gasteiger partial charge in [0.15, 0.2) is 11.6 Å². The monoisotopic (exact) mass is 301 g/mol. The number of nitrogens with two attached hydrogens (primary N) is 1. The fraction of sp³-hybridized carbons (Fsp3) is 0.312. The van der Waals surface area contributed by atoms with Gasteiger partial charge in [-0.15, -0.1) is 0 Å². The predicted molar refractivity (Wildman–Crippen MR) is 84.3 cm³/mol. The van der Waals surface area contributed by atoms with E-state index in [1.165, 1.54) is 6.92 Å². The molecule has 0 spiro atoms. The molecule has 0 fully saturated rings. The summed E-state index contributed by atoms with van der Waals surface area (Å²) in [5.74, 6) is -1.38. The van der Waals surface area contributed by atoms with Gasteiger partial charge in [-0.05, 0) is 12.0 Å². The zero-order valence-electron chi connectivity index (χ0n) is 12.4. The van der Waals surface area contributed by atoms with Crippen molar-refractivity contribution in [3.8, 4) is 0 Å². The highest BCUT2D eigenvalue weighted by molar-refractivity contribution is 6.41. The molecule has 1 atom stereocenters. The SMILES string of the molecule is CC(=O)C(CCC(=O)C=N)=NC(=O)C(N)Cc1ccccc1. The van der Waals surface area contributed by atoms with Gasteiger partial charge in [0, 0.05) is 19.8 Å². The molecule has 116 valence electrons. The average molecular weight is 301 g/mol. The minimum atomic E-state index is -0.838. The number of nitrogens with zero attached hydrogens (tertiary/aromatic N) is 1. The Balaban J connectivity index is 2.72. The summed E-state index contributed by atoms with van der Waals surface area (Å²) in [7, 11) is 0. The second kappa shape index (κ2) is 8.74. The van der Waals surface area contributed by atoms with Gasteiger partial charge in [0.2, 0.25) is 0 Å². The molecule has 0 radical (unpaired) electrons. The first-order chi connectivity index (χ1) is 10.4. The van der Waals surface area contributed by atoms with E-state index < -0.39 is 17.7 Å². The molecule has 1 amide bonds. The fourth-order valence-electron chi connectivity index (χ4n) is 1.80. The molecule has 6 heteroatoms. The summed E-state index contributed by atoms with van der Waals surface area (Å²) in [4.78, 5) is 38.3. The first-order valence-electron chi connectivity index (χ1n) is 6.89. The molecule has 3 N–H and O–H groups in total. The lowest BCUT2D eigenvalue weighted by Crippen LogP contribution is -2.32. The first-order valence-corrected chi connectivity index (χ1v) is 6.89. The Morgan fingerprint density at radius 1 is 1.23 bits per heavy atom. The van der Waals surface area contributed by atoms with Crippen LogP contribution in [-0.4, -0.2) is 35.4 Å². The second-order valence-corrected chi connectivity index (χ2v) is 4.86. The molecule has 1 aromatic rings. The maximum Gasteiger partial charge on any atom is 0.263 e. The van der Waals surface area contributed by atoms with Crippen LogP contribution in [0, 0.1) is 5.41 Å². The van der Waals surface area contributed by atoms with Crippen LogP contribution in [0.4, 0.5) is 0 Å². The Labute approximate surface area is 128 Å². The van der Waals surface area contributed by atoms with Crippen LogP contribution in [0.25, 0.3) is 0 Å². The first kappa shape index (κ1) is 17.6. The number of carbonyl (C=O) groups excluding carboxylic acids is 3. The van der Waals surface area contributed by atoms with E-state index in [1.807, 2.05) is 30.3 Å². The summed E-state index contributed by atoms with van der Waals surface area (Å²) in [6.07, 6.45) is 1.02. The van der Waals surface area contributed by atoms with Crippen LogP contribution in [0.1, 0.15) is 25.3 Å². The second-order valence-electron chi connectivity index (χ2n) is 4.86. The van der Waals surface area contributed by atoms with E-state index in [2.05, 4.69) is 4.99 Å². The Kier molecular flexibility index (Phi) is 6.98. The molecule has 0 aliphatic rings. The summed E-state index contributed by atoms with van der Waals surface area (Å²) in [5.41, 5.74) is 6.73. The van der Waals surface area contributed by atoms with E-state index >= 15 is 0 Å². The number of ketones is 2. The average Bonchev–Trinajstić information content (AvgIpc) is 2.51. The Hall–Kier alpha value is -2.47. The van der Waals surface area contributed by atoms with Crippen LogP contribution in [0.15, 0.2) is 35.3 Å². The van der Waals surface area contributed by atoms with Crippen molar-refractivity contribution in [2.75, 3.05) is 0 Å². The maximum absolute atomic E-state index is 12.0. The number of aliphatic imine (C=N–C) groups is 1. The lowest BCUT2D eigenvalue weighted by Gasteiger charge is -2.08. The molecule has 0 aliphatic heterocycles. The van der Waals surface area contributed by atoms with Gasteiger partial charge in [-0.3, -0.25) is 14.4 Å². The van der Waals surface area contributed by atoms with E-state index in [-0.39, 0.29) is 24.3 Å². The van der Waals surface area contributed by atoms with E-state index in [4.69, 9.17) is 11.1 Å². The highest BCUT2D eigenvalue weighted by Gasteiger charge is 2.16. The fourth-order valence-corrected chi connectivity index (χ4v) is 1.80. The van der Waals surface area contributed by atoms with Crippen LogP contribution < -0.4 is 5.73 Å². The third-order valence-corrected chi connectivity index (χ3v) is 3.04. The van der Waals surface area contributed by atoms with Gasteiger partial charge in [0.05, 0.1) is 18.0 Å². The predicted octanol–water partition coefficient (Wildman–Crippen LogP) is 1.11. The third kappa shape index (κ3) is 5.88. The van der Waals surface area contributed by atoms with E-state index in [1.54, 1.807) is 0 Å². The molecule has 0 aromatic heterocycles. The van der Waals surface area contributed by atoms with Crippen LogP contribution in [0.2, 0.25) is 0 Å². The Morgan fingerprint density at radius 2 is 1.86 bits per heavy atom. The number of rotatable bonds is 8. The minimum Gasteiger partial charge on any atom is -0.320 e. The van der Waals surface area contributed by atoms with Crippen molar-refractivity contribution in [2.24, 2.45) is 10.7 Å². The van der Waals surface area contributed by atoms with E-state index in [0.717, 1.165) is 5.56 Å². The van der Waals surface area contributed by atoms with Gasteiger partial charge in [0.25, 0.3) is 5.91 Å². The summed E-state index contributed by atoms with van der Waals surface area (Å²) in [6, 6.07) is 8.43. The Bertz CT molecular complexity index is 594. The van der Waals surface area contributed by atoms with Crippen molar-refractivity contribution >= 4 is 29.4 Å². The molecular formula is C16H19N3O3. The van der Waals surface area contributed by atoms with Gasteiger partial charge in [-0.1, -0.05) is 30.3 Å². The lowest BCUT2D eigenvalue weighted by atomic mass is 10.1. The molecule has 0 bridgehead atoms. The number of Topliss-reactive ketones (excluding diaryl/α,β-unsaturated/α-hetero) is 2. The summed E-state index contributed by atoms with van der Waals surface area (Å²) in [5, 5.41) is 6.81. The highest BCUT2D eigenvalue weighted by atomic mass is 16.2. The molecular weight excluding hydrogens is 282 g/mol. The number of amides is 1. The number of benzene rings is 1. The van der Waals surface area contributed by atoms with Gasteiger partial charge in [0.1, 0.15) is 0 Å². The number of hydrogen-bond donors (Lipinski definition) is 2. The van der Waals surface area contributed by atoms with Crippen molar-refractivity contribution in [3.63, 3.8) is 0 Å². The lowest BCUT2D eigenvalue weighted by molar-refractivity contribution is -0.119. The topological polar surface area (TPSA) is 113 Å². The molecule has 0 heterocycles. The third-order valence-electron chi connectivity index (χ3n) is 3.04. The molecule has 0 aliphatic carbocycles. The molecule has 1 aromatic carbocycles. The zero-order valence-corrected chi connectivity index (χ0v) is 12.4. The quantitative estimate of drug-likeness (QED) is 0.700. The van der Waals surface area contributed by atoms with Crippen molar-refractivity contribution < 1.29 is 14.4 Å². The van der Waals surface area contributed by atoms with Gasteiger partial charge in [-0.25, -0.2) is 4.99 Å². The molecule has 0 saturated heterocycles. The molecule has 1 rings (SSSR count). The van der Waals surface area contributed by atoms with Gasteiger partial charge >= 0.3 is 0 Å². The Morgan fingerprint density at radius 3 is 2.41 bits per heavy atom. The molecule has 22 heavy (non-hydrogen) atoms. The normalized spacial score (nSPS) is 12.5. The largest absolute Gasteiger partial charge is 0.320 e. The van der Waals surface area contributed by atoms with Crippen LogP contribution in [-0.2, 0) is 20.8 Å². The molecule has 6 nitrogen and oxygen atoms in total. The number of carbonyl (C=O) groups is 3. The van der Waals surface area contributed by atoms with E-state index in [9.17, 15) is 14.4 Å². The standard InChI is InChI=1S/C16H19N3O3/c1-11(20)15(8-7-13(21)10-17)19-16(22)14(18)9-12-5-3-2-4-6-12/h2-6,10,14,17H,7-9,18H2,1H3. The molecule has 1 unspecified atom stereocenters. The summed E-state index contributed by atoms with van der Waals surface area (Å²) in [6.45, 7) is 1.28. The zero-order chi connectivity index (χ0) is 16.5. The summed E-state index contributed by atoms with van der Waals surface area (Å²) < 4.78 is 0. The number of nitrogens with one attached hydrogen (secondary N) is 1. The smallest absolute Gasteiger partial charge is 0.263 e. The van der Waals surface area contributed by atoms with Crippen molar-refractivity contribution in [2.45, 2.75) is 32.2 Å². The van der Waals surface area contributed by atoms with Crippen LogP contribution in [0.5, 0.6) is 0 Å². The summed E-state index contributed by atoms with van der Waals surface area (Å²) >= 11 is 0. The van der Waals surface area contributed by atoms with Crippen molar-refractivity contribution in [3.05, 3.63) is 35.9 Å². The number of hydrogen-bond acceptors (Lipinski definition) is 5. The van der Waals surface area contributed by atoms with E-state index in [0.29, 0.717) is 12.6 Å². The van der Waals surface area contributed by atoms with Crippen molar-refractivity contribution in [1.29, 1.82) is 5.41 Å².